The number of benzene rings is 1. The zero-order valence-electron chi connectivity index (χ0n) is 12.7. The number of piperidine rings is 1. The third kappa shape index (κ3) is 5.45. The van der Waals surface area contributed by atoms with Crippen molar-refractivity contribution in [3.63, 3.8) is 0 Å². The lowest BCUT2D eigenvalue weighted by Gasteiger charge is -2.34. The van der Waals surface area contributed by atoms with Gasteiger partial charge in [0.25, 0.3) is 0 Å². The molecule has 0 saturated carbocycles. The molecular formula is C17H28Cl2N2. The summed E-state index contributed by atoms with van der Waals surface area (Å²) in [5.74, 6) is 1.96. The van der Waals surface area contributed by atoms with Crippen molar-refractivity contribution >= 4 is 24.8 Å². The molecule has 0 amide bonds. The molecule has 3 rings (SSSR count). The van der Waals surface area contributed by atoms with Gasteiger partial charge in [-0.1, -0.05) is 30.3 Å². The number of hydrogen-bond donors (Lipinski definition) is 1. The molecule has 1 unspecified atom stereocenters. The lowest BCUT2D eigenvalue weighted by Crippen LogP contribution is -2.37. The Bertz CT molecular complexity index is 372. The van der Waals surface area contributed by atoms with Gasteiger partial charge in [-0.2, -0.15) is 0 Å². The predicted molar refractivity (Wildman–Crippen MR) is 94.8 cm³/mol. The first-order valence-electron chi connectivity index (χ1n) is 7.89. The molecule has 1 aromatic carbocycles. The molecule has 2 saturated heterocycles. The van der Waals surface area contributed by atoms with Crippen LogP contribution in [0.2, 0.25) is 0 Å². The molecule has 0 aliphatic carbocycles. The fraction of sp³-hybridized carbons (Fsp3) is 0.647. The summed E-state index contributed by atoms with van der Waals surface area (Å²) in [6, 6.07) is 10.9. The highest BCUT2D eigenvalue weighted by Gasteiger charge is 2.28. The van der Waals surface area contributed by atoms with Gasteiger partial charge in [0.05, 0.1) is 0 Å². The molecule has 1 N–H and O–H groups in total. The molecule has 2 aliphatic heterocycles. The van der Waals surface area contributed by atoms with Crippen LogP contribution in [0.3, 0.4) is 0 Å². The summed E-state index contributed by atoms with van der Waals surface area (Å²) >= 11 is 0. The first-order chi connectivity index (χ1) is 9.42. The van der Waals surface area contributed by atoms with E-state index in [1.165, 1.54) is 64.0 Å². The molecular weight excluding hydrogens is 303 g/mol. The topological polar surface area (TPSA) is 15.3 Å². The number of likely N-dealkylation sites (tertiary alicyclic amines) is 1. The quantitative estimate of drug-likeness (QED) is 0.910. The second kappa shape index (κ2) is 9.68. The van der Waals surface area contributed by atoms with E-state index in [2.05, 4.69) is 40.5 Å². The molecule has 2 aliphatic rings. The van der Waals surface area contributed by atoms with E-state index in [-0.39, 0.29) is 24.8 Å². The van der Waals surface area contributed by atoms with E-state index in [0.29, 0.717) is 0 Å². The fourth-order valence-electron chi connectivity index (χ4n) is 3.66. The number of hydrogen-bond acceptors (Lipinski definition) is 2. The molecule has 1 aromatic rings. The number of halogens is 2. The van der Waals surface area contributed by atoms with E-state index in [0.717, 1.165) is 11.8 Å². The largest absolute Gasteiger partial charge is 0.316 e. The number of rotatable bonds is 4. The van der Waals surface area contributed by atoms with Gasteiger partial charge in [-0.25, -0.2) is 0 Å². The highest BCUT2D eigenvalue weighted by molar-refractivity contribution is 5.85. The molecule has 0 spiro atoms. The van der Waals surface area contributed by atoms with Gasteiger partial charge >= 0.3 is 0 Å². The summed E-state index contributed by atoms with van der Waals surface area (Å²) in [6.45, 7) is 6.38. The lowest BCUT2D eigenvalue weighted by atomic mass is 9.84. The van der Waals surface area contributed by atoms with Gasteiger partial charge in [-0.05, 0) is 69.3 Å². The van der Waals surface area contributed by atoms with Gasteiger partial charge in [0.15, 0.2) is 0 Å². The van der Waals surface area contributed by atoms with Crippen molar-refractivity contribution in [3.8, 4) is 0 Å². The zero-order valence-corrected chi connectivity index (χ0v) is 14.3. The molecule has 120 valence electrons. The van der Waals surface area contributed by atoms with Crippen molar-refractivity contribution < 1.29 is 0 Å². The first kappa shape index (κ1) is 18.8. The smallest absolute Gasteiger partial charge is 0.00218 e. The minimum Gasteiger partial charge on any atom is -0.316 e. The Labute approximate surface area is 141 Å². The molecule has 1 atom stereocenters. The van der Waals surface area contributed by atoms with E-state index < -0.39 is 0 Å². The maximum Gasteiger partial charge on any atom is 0.00218 e. The Kier molecular flexibility index (Phi) is 8.65. The van der Waals surface area contributed by atoms with Crippen LogP contribution in [0.4, 0.5) is 0 Å². The van der Waals surface area contributed by atoms with Crippen LogP contribution in [0.5, 0.6) is 0 Å². The average molecular weight is 331 g/mol. The van der Waals surface area contributed by atoms with Gasteiger partial charge in [0.1, 0.15) is 0 Å². The van der Waals surface area contributed by atoms with Crippen molar-refractivity contribution in [3.05, 3.63) is 35.9 Å². The molecule has 0 bridgehead atoms. The molecule has 0 aromatic heterocycles. The van der Waals surface area contributed by atoms with Crippen LogP contribution < -0.4 is 5.32 Å². The van der Waals surface area contributed by atoms with Crippen LogP contribution in [0, 0.1) is 11.8 Å². The molecule has 4 heteroatoms. The van der Waals surface area contributed by atoms with Crippen LogP contribution in [0.15, 0.2) is 30.3 Å². The Hall–Kier alpha value is -0.280. The van der Waals surface area contributed by atoms with Crippen LogP contribution in [-0.2, 0) is 6.42 Å². The normalized spacial score (nSPS) is 23.3. The fourth-order valence-corrected chi connectivity index (χ4v) is 3.66. The van der Waals surface area contributed by atoms with E-state index >= 15 is 0 Å². The van der Waals surface area contributed by atoms with Crippen molar-refractivity contribution in [2.45, 2.75) is 25.7 Å². The lowest BCUT2D eigenvalue weighted by molar-refractivity contribution is 0.154. The van der Waals surface area contributed by atoms with Gasteiger partial charge < -0.3 is 10.2 Å². The van der Waals surface area contributed by atoms with Gasteiger partial charge in [0.2, 0.25) is 0 Å². The van der Waals surface area contributed by atoms with Crippen LogP contribution >= 0.6 is 24.8 Å². The Morgan fingerprint density at radius 2 is 1.67 bits per heavy atom. The van der Waals surface area contributed by atoms with E-state index in [1.54, 1.807) is 0 Å². The SMILES string of the molecule is Cl.Cl.c1ccc(CCN2CCC(C3CCNC3)CC2)cc1. The van der Waals surface area contributed by atoms with Crippen molar-refractivity contribution in [1.82, 2.24) is 10.2 Å². The molecule has 21 heavy (non-hydrogen) atoms. The summed E-state index contributed by atoms with van der Waals surface area (Å²) < 4.78 is 0. The van der Waals surface area contributed by atoms with E-state index in [9.17, 15) is 0 Å². The molecule has 2 heterocycles. The summed E-state index contributed by atoms with van der Waals surface area (Å²) in [4.78, 5) is 2.66. The third-order valence-electron chi connectivity index (χ3n) is 4.96. The van der Waals surface area contributed by atoms with E-state index in [1.807, 2.05) is 0 Å². The Morgan fingerprint density at radius 1 is 0.952 bits per heavy atom. The van der Waals surface area contributed by atoms with Crippen molar-refractivity contribution in [2.24, 2.45) is 11.8 Å². The monoisotopic (exact) mass is 330 g/mol. The van der Waals surface area contributed by atoms with Crippen molar-refractivity contribution in [2.75, 3.05) is 32.7 Å². The minimum absolute atomic E-state index is 0. The zero-order chi connectivity index (χ0) is 12.9. The summed E-state index contributed by atoms with van der Waals surface area (Å²) in [7, 11) is 0. The van der Waals surface area contributed by atoms with Gasteiger partial charge in [0, 0.05) is 6.54 Å². The van der Waals surface area contributed by atoms with Gasteiger partial charge in [-0.15, -0.1) is 24.8 Å². The van der Waals surface area contributed by atoms with Gasteiger partial charge in [-0.3, -0.25) is 0 Å². The van der Waals surface area contributed by atoms with Crippen LogP contribution in [0.1, 0.15) is 24.8 Å². The van der Waals surface area contributed by atoms with E-state index in [4.69, 9.17) is 0 Å². The molecule has 2 nitrogen and oxygen atoms in total. The maximum atomic E-state index is 3.51. The standard InChI is InChI=1S/C17H26N2.2ClH/c1-2-4-15(5-3-1)7-11-19-12-8-16(9-13-19)17-6-10-18-14-17;;/h1-5,16-18H,6-14H2;2*1H. The second-order valence-electron chi connectivity index (χ2n) is 6.17. The summed E-state index contributed by atoms with van der Waals surface area (Å²) in [5, 5.41) is 3.51. The Morgan fingerprint density at radius 3 is 2.29 bits per heavy atom. The summed E-state index contributed by atoms with van der Waals surface area (Å²) in [5.41, 5.74) is 1.48. The third-order valence-corrected chi connectivity index (χ3v) is 4.96. The predicted octanol–water partition coefficient (Wildman–Crippen LogP) is 3.39. The van der Waals surface area contributed by atoms with Crippen LogP contribution in [-0.4, -0.2) is 37.6 Å². The molecule has 2 fully saturated rings. The second-order valence-corrected chi connectivity index (χ2v) is 6.17. The maximum absolute atomic E-state index is 3.51. The first-order valence-corrected chi connectivity index (χ1v) is 7.89. The number of nitrogens with zero attached hydrogens (tertiary/aromatic N) is 1. The van der Waals surface area contributed by atoms with Crippen LogP contribution in [0.25, 0.3) is 0 Å². The number of nitrogens with one attached hydrogen (secondary N) is 1. The minimum atomic E-state index is 0. The Balaban J connectivity index is 0.00000110. The highest BCUT2D eigenvalue weighted by atomic mass is 35.5. The summed E-state index contributed by atoms with van der Waals surface area (Å²) in [6.07, 6.45) is 5.45. The molecule has 0 radical (unpaired) electrons. The average Bonchev–Trinajstić information content (AvgIpc) is 3.01. The highest BCUT2D eigenvalue weighted by Crippen LogP contribution is 2.28. The van der Waals surface area contributed by atoms with Crippen molar-refractivity contribution in [1.29, 1.82) is 0 Å².